The molecular weight excluding hydrogens is 218 g/mol. The highest BCUT2D eigenvalue weighted by Gasteiger charge is 1.89. The smallest absolute Gasteiger partial charge is 0.255 e. The lowest BCUT2D eigenvalue weighted by atomic mass is 10.2. The van der Waals surface area contributed by atoms with Gasteiger partial charge in [-0.05, 0) is 18.6 Å². The summed E-state index contributed by atoms with van der Waals surface area (Å²) in [6.45, 7) is 0. The summed E-state index contributed by atoms with van der Waals surface area (Å²) in [4.78, 5) is 13.7. The molecular formula is C9H10BrNO. The standard InChI is InChI=1S/C9H10BrNO/c10-6-2-1-4-8-5-3-7-11-9(8)12/h1,3-5,7H,2,6H2,(H,11,12). The van der Waals surface area contributed by atoms with Crippen LogP contribution in [0.25, 0.3) is 6.08 Å². The zero-order valence-corrected chi connectivity index (χ0v) is 8.17. The molecule has 1 aromatic rings. The van der Waals surface area contributed by atoms with E-state index in [-0.39, 0.29) is 5.56 Å². The minimum Gasteiger partial charge on any atom is -0.329 e. The Bertz CT molecular complexity index is 316. The molecule has 1 rings (SSSR count). The highest BCUT2D eigenvalue weighted by molar-refractivity contribution is 9.09. The van der Waals surface area contributed by atoms with Gasteiger partial charge in [0.1, 0.15) is 0 Å². The third-order valence-corrected chi connectivity index (χ3v) is 1.88. The molecule has 0 amide bonds. The minimum absolute atomic E-state index is 0.0386. The maximum absolute atomic E-state index is 11.1. The second-order valence-corrected chi connectivity index (χ2v) is 3.13. The second-order valence-electron chi connectivity index (χ2n) is 2.33. The van der Waals surface area contributed by atoms with Crippen LogP contribution in [-0.2, 0) is 0 Å². The van der Waals surface area contributed by atoms with Gasteiger partial charge in [-0.25, -0.2) is 0 Å². The number of aromatic amines is 1. The molecule has 1 heterocycles. The van der Waals surface area contributed by atoms with Gasteiger partial charge in [0.05, 0.1) is 0 Å². The van der Waals surface area contributed by atoms with Crippen LogP contribution >= 0.6 is 15.9 Å². The Labute approximate surface area is 79.5 Å². The van der Waals surface area contributed by atoms with Crippen molar-refractivity contribution in [2.45, 2.75) is 6.42 Å². The van der Waals surface area contributed by atoms with E-state index in [9.17, 15) is 4.79 Å². The van der Waals surface area contributed by atoms with Gasteiger partial charge in [-0.3, -0.25) is 4.79 Å². The van der Waals surface area contributed by atoms with Gasteiger partial charge < -0.3 is 4.98 Å². The van der Waals surface area contributed by atoms with Gasteiger partial charge in [0.25, 0.3) is 5.56 Å². The first kappa shape index (κ1) is 9.26. The van der Waals surface area contributed by atoms with E-state index in [1.54, 1.807) is 12.3 Å². The van der Waals surface area contributed by atoms with E-state index in [0.29, 0.717) is 5.56 Å². The molecule has 12 heavy (non-hydrogen) atoms. The van der Waals surface area contributed by atoms with Gasteiger partial charge in [-0.15, -0.1) is 0 Å². The number of hydrogen-bond donors (Lipinski definition) is 1. The first-order chi connectivity index (χ1) is 5.84. The number of rotatable bonds is 3. The summed E-state index contributed by atoms with van der Waals surface area (Å²) in [6, 6.07) is 3.61. The van der Waals surface area contributed by atoms with Crippen LogP contribution < -0.4 is 5.56 Å². The number of halogens is 1. The molecule has 64 valence electrons. The van der Waals surface area contributed by atoms with E-state index < -0.39 is 0 Å². The number of pyridine rings is 1. The predicted octanol–water partition coefficient (Wildman–Crippen LogP) is 2.17. The number of aromatic nitrogens is 1. The predicted molar refractivity (Wildman–Crippen MR) is 54.5 cm³/mol. The lowest BCUT2D eigenvalue weighted by Crippen LogP contribution is -2.06. The van der Waals surface area contributed by atoms with Crippen LogP contribution in [0.15, 0.2) is 29.2 Å². The summed E-state index contributed by atoms with van der Waals surface area (Å²) in [6.07, 6.45) is 6.37. The van der Waals surface area contributed by atoms with E-state index in [1.165, 1.54) is 0 Å². The molecule has 0 spiro atoms. The molecule has 0 bridgehead atoms. The highest BCUT2D eigenvalue weighted by Crippen LogP contribution is 1.96. The van der Waals surface area contributed by atoms with Crippen molar-refractivity contribution in [1.29, 1.82) is 0 Å². The molecule has 1 aromatic heterocycles. The van der Waals surface area contributed by atoms with Gasteiger partial charge in [0.15, 0.2) is 0 Å². The summed E-state index contributed by atoms with van der Waals surface area (Å²) in [5.74, 6) is 0. The largest absolute Gasteiger partial charge is 0.329 e. The van der Waals surface area contributed by atoms with Crippen molar-refractivity contribution in [3.05, 3.63) is 40.3 Å². The fourth-order valence-electron chi connectivity index (χ4n) is 0.839. The van der Waals surface area contributed by atoms with Crippen molar-refractivity contribution < 1.29 is 0 Å². The number of hydrogen-bond acceptors (Lipinski definition) is 1. The van der Waals surface area contributed by atoms with Crippen LogP contribution in [0.2, 0.25) is 0 Å². The van der Waals surface area contributed by atoms with Crippen LogP contribution in [0.3, 0.4) is 0 Å². The van der Waals surface area contributed by atoms with Crippen LogP contribution in [0.4, 0.5) is 0 Å². The second kappa shape index (κ2) is 4.93. The van der Waals surface area contributed by atoms with Crippen LogP contribution in [0, 0.1) is 0 Å². The van der Waals surface area contributed by atoms with Crippen LogP contribution in [0.1, 0.15) is 12.0 Å². The van der Waals surface area contributed by atoms with Gasteiger partial charge in [0, 0.05) is 17.1 Å². The van der Waals surface area contributed by atoms with Crippen LogP contribution in [0.5, 0.6) is 0 Å². The third-order valence-electron chi connectivity index (χ3n) is 1.42. The molecule has 0 aliphatic rings. The Kier molecular flexibility index (Phi) is 3.80. The summed E-state index contributed by atoms with van der Waals surface area (Å²) >= 11 is 3.30. The SMILES string of the molecule is O=c1[nH]cccc1C=CCCBr. The lowest BCUT2D eigenvalue weighted by molar-refractivity contribution is 1.22. The average molecular weight is 228 g/mol. The number of alkyl halides is 1. The van der Waals surface area contributed by atoms with Crippen molar-refractivity contribution >= 4 is 22.0 Å². The Balaban J connectivity index is 2.76. The average Bonchev–Trinajstić information content (AvgIpc) is 2.09. The normalized spacial score (nSPS) is 10.8. The van der Waals surface area contributed by atoms with E-state index in [1.807, 2.05) is 18.2 Å². The van der Waals surface area contributed by atoms with Crippen molar-refractivity contribution in [1.82, 2.24) is 4.98 Å². The molecule has 1 N–H and O–H groups in total. The molecule has 0 radical (unpaired) electrons. The zero-order chi connectivity index (χ0) is 8.81. The molecule has 0 unspecified atom stereocenters. The monoisotopic (exact) mass is 227 g/mol. The topological polar surface area (TPSA) is 32.9 Å². The summed E-state index contributed by atoms with van der Waals surface area (Å²) in [7, 11) is 0. The zero-order valence-electron chi connectivity index (χ0n) is 6.59. The molecule has 0 aromatic carbocycles. The number of H-pyrrole nitrogens is 1. The molecule has 2 nitrogen and oxygen atoms in total. The summed E-state index contributed by atoms with van der Waals surface area (Å²) < 4.78 is 0. The van der Waals surface area contributed by atoms with E-state index in [4.69, 9.17) is 0 Å². The van der Waals surface area contributed by atoms with E-state index >= 15 is 0 Å². The Hall–Kier alpha value is -0.830. The van der Waals surface area contributed by atoms with Crippen molar-refractivity contribution in [2.24, 2.45) is 0 Å². The van der Waals surface area contributed by atoms with Gasteiger partial charge in [-0.1, -0.05) is 28.1 Å². The Morgan fingerprint density at radius 2 is 2.42 bits per heavy atom. The number of nitrogens with one attached hydrogen (secondary N) is 1. The molecule has 0 atom stereocenters. The third kappa shape index (κ3) is 2.66. The molecule has 0 saturated carbocycles. The first-order valence-electron chi connectivity index (χ1n) is 3.75. The quantitative estimate of drug-likeness (QED) is 0.790. The molecule has 0 fully saturated rings. The molecule has 3 heteroatoms. The fourth-order valence-corrected chi connectivity index (χ4v) is 1.10. The van der Waals surface area contributed by atoms with Crippen molar-refractivity contribution in [2.75, 3.05) is 5.33 Å². The first-order valence-corrected chi connectivity index (χ1v) is 4.87. The molecule has 0 aliphatic heterocycles. The minimum atomic E-state index is -0.0386. The van der Waals surface area contributed by atoms with Gasteiger partial charge >= 0.3 is 0 Å². The van der Waals surface area contributed by atoms with Crippen molar-refractivity contribution in [3.8, 4) is 0 Å². The molecule has 0 saturated heterocycles. The van der Waals surface area contributed by atoms with E-state index in [0.717, 1.165) is 11.8 Å². The fraction of sp³-hybridized carbons (Fsp3) is 0.222. The Morgan fingerprint density at radius 3 is 3.08 bits per heavy atom. The molecule has 0 aliphatic carbocycles. The maximum atomic E-state index is 11.1. The van der Waals surface area contributed by atoms with E-state index in [2.05, 4.69) is 20.9 Å². The van der Waals surface area contributed by atoms with Gasteiger partial charge in [-0.2, -0.15) is 0 Å². The summed E-state index contributed by atoms with van der Waals surface area (Å²) in [5, 5.41) is 0.925. The Morgan fingerprint density at radius 1 is 1.58 bits per heavy atom. The van der Waals surface area contributed by atoms with Crippen LogP contribution in [-0.4, -0.2) is 10.3 Å². The maximum Gasteiger partial charge on any atom is 0.255 e. The number of allylic oxidation sites excluding steroid dienone is 1. The van der Waals surface area contributed by atoms with Gasteiger partial charge in [0.2, 0.25) is 0 Å². The van der Waals surface area contributed by atoms with Crippen molar-refractivity contribution in [3.63, 3.8) is 0 Å². The lowest BCUT2D eigenvalue weighted by Gasteiger charge is -1.89. The summed E-state index contributed by atoms with van der Waals surface area (Å²) in [5.41, 5.74) is 0.668. The highest BCUT2D eigenvalue weighted by atomic mass is 79.9.